The van der Waals surface area contributed by atoms with Crippen LogP contribution in [0.1, 0.15) is 17.5 Å². The fourth-order valence-corrected chi connectivity index (χ4v) is 3.08. The van der Waals surface area contributed by atoms with Crippen molar-refractivity contribution in [1.29, 1.82) is 0 Å². The summed E-state index contributed by atoms with van der Waals surface area (Å²) in [7, 11) is 1.94. The second kappa shape index (κ2) is 5.31. The predicted molar refractivity (Wildman–Crippen MR) is 76.2 cm³/mol. The zero-order valence-electron chi connectivity index (χ0n) is 11.4. The van der Waals surface area contributed by atoms with Gasteiger partial charge in [0.15, 0.2) is 0 Å². The van der Waals surface area contributed by atoms with Gasteiger partial charge < -0.3 is 15.5 Å². The van der Waals surface area contributed by atoms with Crippen molar-refractivity contribution in [2.75, 3.05) is 31.6 Å². The quantitative estimate of drug-likeness (QED) is 0.844. The smallest absolute Gasteiger partial charge is 0.231 e. The van der Waals surface area contributed by atoms with Crippen molar-refractivity contribution in [1.82, 2.24) is 10.6 Å². The van der Waals surface area contributed by atoms with Gasteiger partial charge in [-0.05, 0) is 49.7 Å². The number of nitrogens with one attached hydrogen (secondary N) is 2. The lowest BCUT2D eigenvalue weighted by atomic mass is 10.1. The Kier molecular flexibility index (Phi) is 3.53. The molecule has 1 aromatic carbocycles. The fraction of sp³-hybridized carbons (Fsp3) is 0.533. The van der Waals surface area contributed by atoms with E-state index in [1.54, 1.807) is 0 Å². The number of fused-ring (bicyclic) bond motifs is 1. The van der Waals surface area contributed by atoms with Crippen LogP contribution in [0.5, 0.6) is 0 Å². The number of carbonyl (C=O) groups is 1. The molecule has 19 heavy (non-hydrogen) atoms. The molecule has 2 aliphatic heterocycles. The van der Waals surface area contributed by atoms with Gasteiger partial charge in [0, 0.05) is 18.8 Å². The van der Waals surface area contributed by atoms with E-state index < -0.39 is 0 Å². The molecular weight excluding hydrogens is 238 g/mol. The molecule has 1 saturated heterocycles. The van der Waals surface area contributed by atoms with Crippen molar-refractivity contribution in [3.8, 4) is 0 Å². The van der Waals surface area contributed by atoms with E-state index in [1.165, 1.54) is 17.5 Å². The van der Waals surface area contributed by atoms with E-state index in [-0.39, 0.29) is 5.91 Å². The Bertz CT molecular complexity index is 480. The van der Waals surface area contributed by atoms with Crippen molar-refractivity contribution in [3.05, 3.63) is 29.3 Å². The van der Waals surface area contributed by atoms with Crippen molar-refractivity contribution in [3.63, 3.8) is 0 Å². The van der Waals surface area contributed by atoms with Gasteiger partial charge in [0.2, 0.25) is 5.91 Å². The first-order valence-electron chi connectivity index (χ1n) is 7.05. The monoisotopic (exact) mass is 259 g/mol. The molecule has 2 N–H and O–H groups in total. The maximum Gasteiger partial charge on any atom is 0.231 e. The molecule has 1 aromatic rings. The maximum atomic E-state index is 12.2. The number of carbonyl (C=O) groups excluding carboxylic acids is 1. The molecule has 1 atom stereocenters. The average molecular weight is 259 g/mol. The molecule has 2 aliphatic rings. The normalized spacial score (nSPS) is 22.1. The molecule has 2 heterocycles. The van der Waals surface area contributed by atoms with Gasteiger partial charge in [0.05, 0.1) is 6.42 Å². The van der Waals surface area contributed by atoms with E-state index in [0.717, 1.165) is 31.9 Å². The fourth-order valence-electron chi connectivity index (χ4n) is 3.08. The third-order valence-electron chi connectivity index (χ3n) is 4.06. The summed E-state index contributed by atoms with van der Waals surface area (Å²) in [6.07, 6.45) is 1.74. The van der Waals surface area contributed by atoms with Gasteiger partial charge >= 0.3 is 0 Å². The molecule has 0 aliphatic carbocycles. The van der Waals surface area contributed by atoms with Gasteiger partial charge in [0.1, 0.15) is 0 Å². The molecule has 0 saturated carbocycles. The highest BCUT2D eigenvalue weighted by molar-refractivity contribution is 6.01. The summed E-state index contributed by atoms with van der Waals surface area (Å²) >= 11 is 0. The molecule has 1 amide bonds. The lowest BCUT2D eigenvalue weighted by molar-refractivity contribution is -0.117. The van der Waals surface area contributed by atoms with Gasteiger partial charge in [-0.15, -0.1) is 0 Å². The molecule has 1 unspecified atom stereocenters. The van der Waals surface area contributed by atoms with Crippen LogP contribution in [0.15, 0.2) is 18.2 Å². The zero-order chi connectivity index (χ0) is 13.2. The summed E-state index contributed by atoms with van der Waals surface area (Å²) in [4.78, 5) is 14.2. The van der Waals surface area contributed by atoms with Crippen LogP contribution in [0.25, 0.3) is 0 Å². The summed E-state index contributed by atoms with van der Waals surface area (Å²) in [5.74, 6) is 0.857. The van der Waals surface area contributed by atoms with E-state index in [0.29, 0.717) is 12.3 Å². The second-order valence-corrected chi connectivity index (χ2v) is 5.53. The Morgan fingerprint density at radius 1 is 1.47 bits per heavy atom. The standard InChI is InChI=1S/C15H21N3O/c1-16-8-11-2-3-14-13(6-11)7-15(19)18(14)10-12-4-5-17-9-12/h2-3,6,12,16-17H,4-5,7-10H2,1H3. The molecule has 0 spiro atoms. The van der Waals surface area contributed by atoms with Gasteiger partial charge in [0.25, 0.3) is 0 Å². The van der Waals surface area contributed by atoms with Crippen LogP contribution >= 0.6 is 0 Å². The summed E-state index contributed by atoms with van der Waals surface area (Å²) < 4.78 is 0. The lowest BCUT2D eigenvalue weighted by Crippen LogP contribution is -2.33. The van der Waals surface area contributed by atoms with Crippen molar-refractivity contribution < 1.29 is 4.79 Å². The van der Waals surface area contributed by atoms with Crippen LogP contribution in [0.2, 0.25) is 0 Å². The van der Waals surface area contributed by atoms with Gasteiger partial charge in [-0.1, -0.05) is 12.1 Å². The average Bonchev–Trinajstić information content (AvgIpc) is 2.99. The lowest BCUT2D eigenvalue weighted by Gasteiger charge is -2.21. The second-order valence-electron chi connectivity index (χ2n) is 5.53. The van der Waals surface area contributed by atoms with E-state index in [9.17, 15) is 4.79 Å². The van der Waals surface area contributed by atoms with Gasteiger partial charge in [-0.2, -0.15) is 0 Å². The molecule has 4 heteroatoms. The third kappa shape index (κ3) is 2.51. The number of hydrogen-bond donors (Lipinski definition) is 2. The Morgan fingerprint density at radius 2 is 2.37 bits per heavy atom. The van der Waals surface area contributed by atoms with E-state index in [4.69, 9.17) is 0 Å². The van der Waals surface area contributed by atoms with Gasteiger partial charge in [-0.25, -0.2) is 0 Å². The molecule has 3 rings (SSSR count). The van der Waals surface area contributed by atoms with Crippen molar-refractivity contribution >= 4 is 11.6 Å². The van der Waals surface area contributed by atoms with Crippen molar-refractivity contribution in [2.45, 2.75) is 19.4 Å². The summed E-state index contributed by atoms with van der Waals surface area (Å²) in [6, 6.07) is 6.39. The Balaban J connectivity index is 1.79. The molecule has 4 nitrogen and oxygen atoms in total. The molecular formula is C15H21N3O. The number of nitrogens with zero attached hydrogens (tertiary/aromatic N) is 1. The Hall–Kier alpha value is -1.39. The minimum atomic E-state index is 0.253. The first-order chi connectivity index (χ1) is 9.28. The summed E-state index contributed by atoms with van der Waals surface area (Å²) in [5, 5.41) is 6.51. The largest absolute Gasteiger partial charge is 0.316 e. The predicted octanol–water partition coefficient (Wildman–Crippen LogP) is 0.905. The zero-order valence-corrected chi connectivity index (χ0v) is 11.4. The number of anilines is 1. The van der Waals surface area contributed by atoms with E-state index in [1.807, 2.05) is 11.9 Å². The van der Waals surface area contributed by atoms with Crippen LogP contribution < -0.4 is 15.5 Å². The van der Waals surface area contributed by atoms with E-state index >= 15 is 0 Å². The minimum Gasteiger partial charge on any atom is -0.316 e. The third-order valence-corrected chi connectivity index (χ3v) is 4.06. The summed E-state index contributed by atoms with van der Waals surface area (Å²) in [5.41, 5.74) is 3.55. The molecule has 1 fully saturated rings. The first kappa shape index (κ1) is 12.6. The highest BCUT2D eigenvalue weighted by atomic mass is 16.2. The topological polar surface area (TPSA) is 44.4 Å². The van der Waals surface area contributed by atoms with Crippen LogP contribution in [0.4, 0.5) is 5.69 Å². The molecule has 0 bridgehead atoms. The first-order valence-corrected chi connectivity index (χ1v) is 7.05. The molecule has 102 valence electrons. The Labute approximate surface area is 114 Å². The van der Waals surface area contributed by atoms with Crippen molar-refractivity contribution in [2.24, 2.45) is 5.92 Å². The number of benzene rings is 1. The Morgan fingerprint density at radius 3 is 3.11 bits per heavy atom. The summed E-state index contributed by atoms with van der Waals surface area (Å²) in [6.45, 7) is 3.84. The highest BCUT2D eigenvalue weighted by Crippen LogP contribution is 2.31. The minimum absolute atomic E-state index is 0.253. The van der Waals surface area contributed by atoms with Crippen LogP contribution in [0.3, 0.4) is 0 Å². The molecule has 0 aromatic heterocycles. The molecule has 0 radical (unpaired) electrons. The van der Waals surface area contributed by atoms with E-state index in [2.05, 4.69) is 28.8 Å². The van der Waals surface area contributed by atoms with Crippen LogP contribution in [-0.2, 0) is 17.8 Å². The SMILES string of the molecule is CNCc1ccc2c(c1)CC(=O)N2CC1CCNC1. The highest BCUT2D eigenvalue weighted by Gasteiger charge is 2.30. The van der Waals surface area contributed by atoms with Crippen LogP contribution in [-0.4, -0.2) is 32.6 Å². The number of hydrogen-bond acceptors (Lipinski definition) is 3. The maximum absolute atomic E-state index is 12.2. The van der Waals surface area contributed by atoms with Crippen LogP contribution in [0, 0.1) is 5.92 Å². The number of rotatable bonds is 4. The number of amides is 1. The van der Waals surface area contributed by atoms with Gasteiger partial charge in [-0.3, -0.25) is 4.79 Å².